The summed E-state index contributed by atoms with van der Waals surface area (Å²) in [5.41, 5.74) is 2.07. The van der Waals surface area contributed by atoms with Crippen LogP contribution in [0.1, 0.15) is 18.1 Å². The van der Waals surface area contributed by atoms with E-state index in [2.05, 4.69) is 43.8 Å². The van der Waals surface area contributed by atoms with Crippen LogP contribution in [-0.4, -0.2) is 12.5 Å². The fraction of sp³-hybridized carbons (Fsp3) is 0.120. The summed E-state index contributed by atoms with van der Waals surface area (Å²) in [5, 5.41) is 12.6. The number of amides is 1. The van der Waals surface area contributed by atoms with Crippen LogP contribution in [0.4, 0.5) is 5.69 Å². The van der Waals surface area contributed by atoms with E-state index in [1.54, 1.807) is 36.4 Å². The molecule has 1 amide bonds. The van der Waals surface area contributed by atoms with Crippen LogP contribution >= 0.6 is 50.1 Å². The predicted molar refractivity (Wildman–Crippen MR) is 142 cm³/mol. The standard InChI is InChI=1S/C25H19BrClIN2O3/c1-2-32-21-5-3-4-20(13-21)30-25(31)18(14-29)10-17-11-22(26)24(23(27)12-17)33-15-16-6-8-19(28)9-7-16/h3-13H,2,15H2,1H3,(H,30,31)/b18-10-. The molecule has 0 saturated carbocycles. The van der Waals surface area contributed by atoms with E-state index in [9.17, 15) is 10.1 Å². The van der Waals surface area contributed by atoms with Gasteiger partial charge in [0, 0.05) is 15.3 Å². The molecule has 1 N–H and O–H groups in total. The number of nitrogens with zero attached hydrogens (tertiary/aromatic N) is 1. The van der Waals surface area contributed by atoms with Gasteiger partial charge in [-0.1, -0.05) is 29.8 Å². The number of halogens is 3. The number of ether oxygens (including phenoxy) is 2. The molecular formula is C25H19BrClIN2O3. The minimum Gasteiger partial charge on any atom is -0.494 e. The number of anilines is 1. The summed E-state index contributed by atoms with van der Waals surface area (Å²) in [4.78, 5) is 12.6. The molecule has 0 saturated heterocycles. The van der Waals surface area contributed by atoms with E-state index in [4.69, 9.17) is 21.1 Å². The Kier molecular flexibility index (Phi) is 9.18. The first-order valence-corrected chi connectivity index (χ1v) is 12.2. The molecule has 0 fully saturated rings. The zero-order chi connectivity index (χ0) is 23.8. The van der Waals surface area contributed by atoms with Gasteiger partial charge in [-0.25, -0.2) is 0 Å². The Morgan fingerprint density at radius 3 is 2.61 bits per heavy atom. The molecule has 0 heterocycles. The summed E-state index contributed by atoms with van der Waals surface area (Å²) in [6.45, 7) is 2.75. The Morgan fingerprint density at radius 2 is 1.94 bits per heavy atom. The van der Waals surface area contributed by atoms with Crippen LogP contribution in [-0.2, 0) is 11.4 Å². The highest BCUT2D eigenvalue weighted by Crippen LogP contribution is 2.35. The monoisotopic (exact) mass is 636 g/mol. The third-order valence-electron chi connectivity index (χ3n) is 4.40. The lowest BCUT2D eigenvalue weighted by Crippen LogP contribution is -2.13. The third-order valence-corrected chi connectivity index (χ3v) is 5.98. The number of hydrogen-bond donors (Lipinski definition) is 1. The van der Waals surface area contributed by atoms with Crippen molar-refractivity contribution < 1.29 is 14.3 Å². The summed E-state index contributed by atoms with van der Waals surface area (Å²) in [7, 11) is 0. The Hall–Kier alpha value is -2.54. The van der Waals surface area contributed by atoms with Gasteiger partial charge in [0.25, 0.3) is 5.91 Å². The minimum atomic E-state index is -0.530. The molecule has 3 aromatic carbocycles. The van der Waals surface area contributed by atoms with Crippen molar-refractivity contribution in [2.45, 2.75) is 13.5 Å². The average Bonchev–Trinajstić information content (AvgIpc) is 2.78. The SMILES string of the molecule is CCOc1cccc(NC(=O)/C(C#N)=C\c2cc(Cl)c(OCc3ccc(I)cc3)c(Br)c2)c1. The lowest BCUT2D eigenvalue weighted by atomic mass is 10.1. The van der Waals surface area contributed by atoms with Gasteiger partial charge in [-0.05, 0) is 99.0 Å². The van der Waals surface area contributed by atoms with Crippen LogP contribution in [0.5, 0.6) is 11.5 Å². The Balaban J connectivity index is 1.75. The van der Waals surface area contributed by atoms with Crippen molar-refractivity contribution >= 4 is 67.8 Å². The third kappa shape index (κ3) is 7.22. The van der Waals surface area contributed by atoms with Gasteiger partial charge < -0.3 is 14.8 Å². The van der Waals surface area contributed by atoms with Crippen molar-refractivity contribution in [3.8, 4) is 17.6 Å². The van der Waals surface area contributed by atoms with E-state index in [-0.39, 0.29) is 5.57 Å². The number of carbonyl (C=O) groups is 1. The second-order valence-electron chi connectivity index (χ2n) is 6.81. The zero-order valence-electron chi connectivity index (χ0n) is 17.6. The lowest BCUT2D eigenvalue weighted by Gasteiger charge is -2.12. The van der Waals surface area contributed by atoms with Gasteiger partial charge in [-0.3, -0.25) is 4.79 Å². The molecule has 0 radical (unpaired) electrons. The van der Waals surface area contributed by atoms with E-state index < -0.39 is 5.91 Å². The molecular weight excluding hydrogens is 619 g/mol. The van der Waals surface area contributed by atoms with Crippen LogP contribution in [0.25, 0.3) is 6.08 Å². The molecule has 0 aromatic heterocycles. The van der Waals surface area contributed by atoms with Gasteiger partial charge in [0.05, 0.1) is 16.1 Å². The molecule has 33 heavy (non-hydrogen) atoms. The van der Waals surface area contributed by atoms with Crippen molar-refractivity contribution in [2.24, 2.45) is 0 Å². The Morgan fingerprint density at radius 1 is 1.18 bits per heavy atom. The van der Waals surface area contributed by atoms with Crippen molar-refractivity contribution in [3.05, 3.63) is 90.4 Å². The highest BCUT2D eigenvalue weighted by molar-refractivity contribution is 14.1. The van der Waals surface area contributed by atoms with Gasteiger partial charge in [0.15, 0.2) is 5.75 Å². The first-order valence-electron chi connectivity index (χ1n) is 9.92. The normalized spacial score (nSPS) is 10.9. The first kappa shape index (κ1) is 25.1. The number of benzene rings is 3. The van der Waals surface area contributed by atoms with Crippen LogP contribution in [0, 0.1) is 14.9 Å². The predicted octanol–water partition coefficient (Wildman–Crippen LogP) is 7.23. The number of nitriles is 1. The average molecular weight is 638 g/mol. The van der Waals surface area contributed by atoms with E-state index >= 15 is 0 Å². The van der Waals surface area contributed by atoms with Crippen LogP contribution in [0.3, 0.4) is 0 Å². The van der Waals surface area contributed by atoms with E-state index in [0.29, 0.717) is 45.5 Å². The lowest BCUT2D eigenvalue weighted by molar-refractivity contribution is -0.112. The second-order valence-corrected chi connectivity index (χ2v) is 9.32. The summed E-state index contributed by atoms with van der Waals surface area (Å²) in [6, 6.07) is 20.3. The van der Waals surface area contributed by atoms with Crippen molar-refractivity contribution in [1.82, 2.24) is 0 Å². The summed E-state index contributed by atoms with van der Waals surface area (Å²) in [5.74, 6) is 0.592. The number of nitrogens with one attached hydrogen (secondary N) is 1. The molecule has 0 aliphatic carbocycles. The van der Waals surface area contributed by atoms with Gasteiger partial charge >= 0.3 is 0 Å². The van der Waals surface area contributed by atoms with Crippen molar-refractivity contribution in [1.29, 1.82) is 5.26 Å². The molecule has 5 nitrogen and oxygen atoms in total. The van der Waals surface area contributed by atoms with E-state index in [0.717, 1.165) is 9.13 Å². The topological polar surface area (TPSA) is 71.3 Å². The van der Waals surface area contributed by atoms with Crippen molar-refractivity contribution in [3.63, 3.8) is 0 Å². The maximum absolute atomic E-state index is 12.6. The molecule has 0 bridgehead atoms. The molecule has 0 unspecified atom stereocenters. The number of rotatable bonds is 8. The van der Waals surface area contributed by atoms with Crippen LogP contribution < -0.4 is 14.8 Å². The minimum absolute atomic E-state index is 0.0627. The zero-order valence-corrected chi connectivity index (χ0v) is 22.1. The molecule has 3 aromatic rings. The summed E-state index contributed by atoms with van der Waals surface area (Å²) < 4.78 is 13.1. The summed E-state index contributed by atoms with van der Waals surface area (Å²) >= 11 is 12.1. The molecule has 168 valence electrons. The smallest absolute Gasteiger partial charge is 0.266 e. The highest BCUT2D eigenvalue weighted by Gasteiger charge is 2.13. The molecule has 3 rings (SSSR count). The largest absolute Gasteiger partial charge is 0.494 e. The van der Waals surface area contributed by atoms with Gasteiger partial charge in [-0.2, -0.15) is 5.26 Å². The molecule has 0 aliphatic heterocycles. The maximum Gasteiger partial charge on any atom is 0.266 e. The Bertz CT molecular complexity index is 1200. The number of hydrogen-bond acceptors (Lipinski definition) is 4. The van der Waals surface area contributed by atoms with Gasteiger partial charge in [-0.15, -0.1) is 0 Å². The number of carbonyl (C=O) groups excluding carboxylic acids is 1. The quantitative estimate of drug-likeness (QED) is 0.161. The molecule has 0 spiro atoms. The molecule has 0 atom stereocenters. The molecule has 8 heteroatoms. The molecule has 0 aliphatic rings. The Labute approximate surface area is 219 Å². The van der Waals surface area contributed by atoms with Gasteiger partial charge in [0.2, 0.25) is 0 Å². The van der Waals surface area contributed by atoms with E-state index in [1.807, 2.05) is 37.3 Å². The van der Waals surface area contributed by atoms with Gasteiger partial charge in [0.1, 0.15) is 24.0 Å². The fourth-order valence-electron chi connectivity index (χ4n) is 2.88. The summed E-state index contributed by atoms with van der Waals surface area (Å²) in [6.07, 6.45) is 1.47. The fourth-order valence-corrected chi connectivity index (χ4v) is 4.23. The maximum atomic E-state index is 12.6. The highest BCUT2D eigenvalue weighted by atomic mass is 127. The van der Waals surface area contributed by atoms with Crippen molar-refractivity contribution in [2.75, 3.05) is 11.9 Å². The van der Waals surface area contributed by atoms with Crippen LogP contribution in [0.15, 0.2) is 70.7 Å². The van der Waals surface area contributed by atoms with E-state index in [1.165, 1.54) is 6.08 Å². The first-order chi connectivity index (χ1) is 15.9. The second kappa shape index (κ2) is 12.1. The van der Waals surface area contributed by atoms with Crippen LogP contribution in [0.2, 0.25) is 5.02 Å².